The van der Waals surface area contributed by atoms with Crippen LogP contribution in [0.25, 0.3) is 0 Å². The highest BCUT2D eigenvalue weighted by atomic mass is 35.5. The number of nitrogens with zero attached hydrogens (tertiary/aromatic N) is 1. The summed E-state index contributed by atoms with van der Waals surface area (Å²) in [6.45, 7) is 1.94. The molecule has 0 radical (unpaired) electrons. The van der Waals surface area contributed by atoms with Crippen LogP contribution in [0.2, 0.25) is 5.02 Å². The van der Waals surface area contributed by atoms with Crippen molar-refractivity contribution >= 4 is 23.3 Å². The molecule has 1 atom stereocenters. The molecular formula is C13H18ClN3O3. The fourth-order valence-electron chi connectivity index (χ4n) is 1.74. The Morgan fingerprint density at radius 2 is 2.30 bits per heavy atom. The van der Waals surface area contributed by atoms with Crippen molar-refractivity contribution in [3.8, 4) is 5.75 Å². The van der Waals surface area contributed by atoms with Crippen molar-refractivity contribution in [1.82, 2.24) is 5.32 Å². The molecule has 0 saturated heterocycles. The zero-order chi connectivity index (χ0) is 15.1. The normalized spacial score (nSPS) is 12.8. The molecule has 4 N–H and O–H groups in total. The van der Waals surface area contributed by atoms with Crippen LogP contribution in [-0.4, -0.2) is 30.1 Å². The summed E-state index contributed by atoms with van der Waals surface area (Å²) in [5.74, 6) is -0.0403. The molecule has 1 unspecified atom stereocenters. The summed E-state index contributed by atoms with van der Waals surface area (Å²) < 4.78 is 5.12. The van der Waals surface area contributed by atoms with E-state index in [1.807, 2.05) is 6.92 Å². The van der Waals surface area contributed by atoms with Gasteiger partial charge in [-0.05, 0) is 24.6 Å². The lowest BCUT2D eigenvalue weighted by Gasteiger charge is -2.17. The van der Waals surface area contributed by atoms with Crippen LogP contribution < -0.4 is 15.8 Å². The Morgan fingerprint density at radius 3 is 2.85 bits per heavy atom. The molecule has 7 heteroatoms. The van der Waals surface area contributed by atoms with Gasteiger partial charge < -0.3 is 21.0 Å². The summed E-state index contributed by atoms with van der Waals surface area (Å²) in [6, 6.07) is 4.18. The molecule has 1 amide bonds. The van der Waals surface area contributed by atoms with Gasteiger partial charge in [-0.1, -0.05) is 30.1 Å². The van der Waals surface area contributed by atoms with Gasteiger partial charge in [0.05, 0.1) is 18.7 Å². The summed E-state index contributed by atoms with van der Waals surface area (Å²) in [5, 5.41) is 14.8. The third kappa shape index (κ3) is 4.03. The van der Waals surface area contributed by atoms with E-state index in [1.54, 1.807) is 18.2 Å². The van der Waals surface area contributed by atoms with E-state index in [9.17, 15) is 4.79 Å². The second-order valence-corrected chi connectivity index (χ2v) is 4.62. The number of ether oxygens (including phenoxy) is 1. The highest BCUT2D eigenvalue weighted by Crippen LogP contribution is 2.23. The summed E-state index contributed by atoms with van der Waals surface area (Å²) in [7, 11) is 1.45. The van der Waals surface area contributed by atoms with Gasteiger partial charge in [0.15, 0.2) is 5.84 Å². The number of rotatable bonds is 6. The molecule has 0 aliphatic carbocycles. The third-order valence-electron chi connectivity index (χ3n) is 2.76. The maximum atomic E-state index is 12.2. The van der Waals surface area contributed by atoms with Gasteiger partial charge in [-0.25, -0.2) is 0 Å². The minimum atomic E-state index is -0.530. The molecule has 0 aliphatic heterocycles. The Morgan fingerprint density at radius 1 is 1.60 bits per heavy atom. The number of nitrogens with two attached hydrogens (primary N) is 1. The molecule has 1 aromatic rings. The van der Waals surface area contributed by atoms with Crippen LogP contribution in [0.4, 0.5) is 0 Å². The number of oxime groups is 1. The number of carbonyl (C=O) groups excluding carboxylic acids is 1. The predicted molar refractivity (Wildman–Crippen MR) is 77.6 cm³/mol. The van der Waals surface area contributed by atoms with Gasteiger partial charge in [-0.3, -0.25) is 4.79 Å². The zero-order valence-corrected chi connectivity index (χ0v) is 12.1. The molecule has 20 heavy (non-hydrogen) atoms. The topological polar surface area (TPSA) is 96.9 Å². The standard InChI is InChI=1S/C13H18ClN3O3/c1-3-4-10(12(15)17-19)16-13(18)9-6-5-8(14)7-11(9)20-2/h5-7,10,19H,3-4H2,1-2H3,(H2,15,17)(H,16,18). The van der Waals surface area contributed by atoms with Crippen molar-refractivity contribution in [2.24, 2.45) is 10.9 Å². The van der Waals surface area contributed by atoms with Crippen molar-refractivity contribution in [2.45, 2.75) is 25.8 Å². The van der Waals surface area contributed by atoms with Gasteiger partial charge in [0.2, 0.25) is 0 Å². The SMILES string of the molecule is CCCC(NC(=O)c1ccc(Cl)cc1OC)C(N)=NO. The first-order valence-electron chi connectivity index (χ1n) is 6.15. The van der Waals surface area contributed by atoms with E-state index < -0.39 is 6.04 Å². The van der Waals surface area contributed by atoms with Gasteiger partial charge >= 0.3 is 0 Å². The van der Waals surface area contributed by atoms with Crippen molar-refractivity contribution in [3.05, 3.63) is 28.8 Å². The average molecular weight is 300 g/mol. The minimum Gasteiger partial charge on any atom is -0.496 e. The van der Waals surface area contributed by atoms with E-state index in [0.717, 1.165) is 6.42 Å². The van der Waals surface area contributed by atoms with Gasteiger partial charge in [0, 0.05) is 5.02 Å². The summed E-state index contributed by atoms with van der Waals surface area (Å²) in [6.07, 6.45) is 1.34. The molecule has 0 aliphatic rings. The van der Waals surface area contributed by atoms with Crippen molar-refractivity contribution in [2.75, 3.05) is 7.11 Å². The average Bonchev–Trinajstić information content (AvgIpc) is 2.45. The minimum absolute atomic E-state index is 0.0341. The van der Waals surface area contributed by atoms with E-state index in [4.69, 9.17) is 27.3 Å². The van der Waals surface area contributed by atoms with Gasteiger partial charge in [-0.15, -0.1) is 0 Å². The Hall–Kier alpha value is -1.95. The Bertz CT molecular complexity index is 506. The van der Waals surface area contributed by atoms with Crippen LogP contribution in [0, 0.1) is 0 Å². The highest BCUT2D eigenvalue weighted by Gasteiger charge is 2.19. The third-order valence-corrected chi connectivity index (χ3v) is 3.00. The Labute approximate surface area is 122 Å². The number of hydrogen-bond donors (Lipinski definition) is 3. The van der Waals surface area contributed by atoms with Crippen molar-refractivity contribution in [3.63, 3.8) is 0 Å². The number of amides is 1. The number of halogens is 1. The number of amidine groups is 1. The fourth-order valence-corrected chi connectivity index (χ4v) is 1.90. The first-order valence-corrected chi connectivity index (χ1v) is 6.53. The summed E-state index contributed by atoms with van der Waals surface area (Å²) in [5.41, 5.74) is 5.89. The van der Waals surface area contributed by atoms with E-state index >= 15 is 0 Å². The van der Waals surface area contributed by atoms with Crippen molar-refractivity contribution in [1.29, 1.82) is 0 Å². The highest BCUT2D eigenvalue weighted by molar-refractivity contribution is 6.30. The number of hydrogen-bond acceptors (Lipinski definition) is 4. The molecular weight excluding hydrogens is 282 g/mol. The van der Waals surface area contributed by atoms with Crippen LogP contribution in [0.5, 0.6) is 5.75 Å². The molecule has 1 rings (SSSR count). The first-order chi connectivity index (χ1) is 9.53. The van der Waals surface area contributed by atoms with E-state index in [1.165, 1.54) is 7.11 Å². The smallest absolute Gasteiger partial charge is 0.255 e. The molecule has 0 fully saturated rings. The molecule has 0 aromatic heterocycles. The van der Waals surface area contributed by atoms with Crippen molar-refractivity contribution < 1.29 is 14.7 Å². The fraction of sp³-hybridized carbons (Fsp3) is 0.385. The van der Waals surface area contributed by atoms with Crippen LogP contribution in [0.3, 0.4) is 0 Å². The van der Waals surface area contributed by atoms with Gasteiger partial charge in [0.1, 0.15) is 5.75 Å². The van der Waals surface area contributed by atoms with Crippen LogP contribution >= 0.6 is 11.6 Å². The van der Waals surface area contributed by atoms with Crippen LogP contribution in [0.15, 0.2) is 23.4 Å². The lowest BCUT2D eigenvalue weighted by Crippen LogP contribution is -2.44. The second-order valence-electron chi connectivity index (χ2n) is 4.18. The van der Waals surface area contributed by atoms with E-state index in [2.05, 4.69) is 10.5 Å². The summed E-state index contributed by atoms with van der Waals surface area (Å²) in [4.78, 5) is 12.2. The lowest BCUT2D eigenvalue weighted by molar-refractivity contribution is 0.0942. The Kier molecular flexibility index (Phi) is 6.11. The monoisotopic (exact) mass is 299 g/mol. The molecule has 0 bridgehead atoms. The quantitative estimate of drug-likeness (QED) is 0.324. The molecule has 0 saturated carbocycles. The maximum Gasteiger partial charge on any atom is 0.255 e. The summed E-state index contributed by atoms with van der Waals surface area (Å²) >= 11 is 5.84. The molecule has 0 heterocycles. The first kappa shape index (κ1) is 16.1. The number of methoxy groups -OCH3 is 1. The zero-order valence-electron chi connectivity index (χ0n) is 11.4. The van der Waals surface area contributed by atoms with Crippen LogP contribution in [0.1, 0.15) is 30.1 Å². The maximum absolute atomic E-state index is 12.2. The van der Waals surface area contributed by atoms with Gasteiger partial charge in [-0.2, -0.15) is 0 Å². The van der Waals surface area contributed by atoms with E-state index in [0.29, 0.717) is 22.8 Å². The molecule has 0 spiro atoms. The second kappa shape index (κ2) is 7.59. The largest absolute Gasteiger partial charge is 0.496 e. The van der Waals surface area contributed by atoms with Crippen LogP contribution in [-0.2, 0) is 0 Å². The Balaban J connectivity index is 2.94. The van der Waals surface area contributed by atoms with Gasteiger partial charge in [0.25, 0.3) is 5.91 Å². The number of nitrogens with one attached hydrogen (secondary N) is 1. The predicted octanol–water partition coefficient (Wildman–Crippen LogP) is 1.99. The molecule has 110 valence electrons. The molecule has 6 nitrogen and oxygen atoms in total. The number of benzene rings is 1. The lowest BCUT2D eigenvalue weighted by atomic mass is 10.1. The van der Waals surface area contributed by atoms with E-state index in [-0.39, 0.29) is 11.7 Å². The number of carbonyl (C=O) groups is 1. The molecule has 1 aromatic carbocycles.